The Hall–Kier alpha value is -3.26. The third-order valence-electron chi connectivity index (χ3n) is 3.54. The first-order valence-electron chi connectivity index (χ1n) is 7.93. The summed E-state index contributed by atoms with van der Waals surface area (Å²) in [6.45, 7) is -0.605. The highest BCUT2D eigenvalue weighted by molar-refractivity contribution is 6.30. The molecule has 2 amide bonds. The molecular formula is C18H15ClN2O6. The minimum absolute atomic E-state index is 0.0230. The van der Waals surface area contributed by atoms with Crippen LogP contribution < -0.4 is 20.3 Å². The summed E-state index contributed by atoms with van der Waals surface area (Å²) in [6.07, 6.45) is -0.976. The van der Waals surface area contributed by atoms with Gasteiger partial charge in [0.1, 0.15) is 6.61 Å². The van der Waals surface area contributed by atoms with Crippen LogP contribution in [0.4, 0.5) is 0 Å². The number of fused-ring (bicyclic) bond motifs is 1. The highest BCUT2D eigenvalue weighted by Gasteiger charge is 2.29. The minimum atomic E-state index is -0.976. The van der Waals surface area contributed by atoms with Crippen LogP contribution in [0.2, 0.25) is 5.02 Å². The van der Waals surface area contributed by atoms with Gasteiger partial charge in [0.25, 0.3) is 11.8 Å². The number of ether oxygens (including phenoxy) is 3. The maximum absolute atomic E-state index is 12.0. The Bertz CT molecular complexity index is 855. The predicted octanol–water partition coefficient (Wildman–Crippen LogP) is 1.48. The van der Waals surface area contributed by atoms with E-state index in [0.717, 1.165) is 0 Å². The van der Waals surface area contributed by atoms with Crippen LogP contribution in [0.3, 0.4) is 0 Å². The molecule has 2 N–H and O–H groups in total. The summed E-state index contributed by atoms with van der Waals surface area (Å²) in [4.78, 5) is 35.6. The molecule has 1 aliphatic rings. The Balaban J connectivity index is 1.42. The van der Waals surface area contributed by atoms with E-state index in [-0.39, 0.29) is 6.61 Å². The molecule has 0 spiro atoms. The smallest absolute Gasteiger partial charge is 0.351 e. The molecule has 140 valence electrons. The van der Waals surface area contributed by atoms with Gasteiger partial charge < -0.3 is 14.2 Å². The molecule has 0 radical (unpaired) electrons. The number of para-hydroxylation sites is 2. The highest BCUT2D eigenvalue weighted by atomic mass is 35.5. The fourth-order valence-electron chi connectivity index (χ4n) is 2.20. The first kappa shape index (κ1) is 18.5. The summed E-state index contributed by atoms with van der Waals surface area (Å²) >= 11 is 5.74. The van der Waals surface area contributed by atoms with E-state index in [1.54, 1.807) is 36.4 Å². The molecule has 2 aromatic carbocycles. The molecule has 0 unspecified atom stereocenters. The summed E-state index contributed by atoms with van der Waals surface area (Å²) in [5.74, 6) is -1.03. The van der Waals surface area contributed by atoms with Gasteiger partial charge in [0.2, 0.25) is 6.10 Å². The van der Waals surface area contributed by atoms with Crippen LogP contribution in [-0.4, -0.2) is 37.1 Å². The number of hydrogen-bond acceptors (Lipinski definition) is 6. The van der Waals surface area contributed by atoms with Crippen molar-refractivity contribution in [3.8, 4) is 11.5 Å². The first-order valence-corrected chi connectivity index (χ1v) is 8.30. The van der Waals surface area contributed by atoms with Gasteiger partial charge in [-0.1, -0.05) is 23.7 Å². The van der Waals surface area contributed by atoms with Gasteiger partial charge in [-0.3, -0.25) is 20.4 Å². The summed E-state index contributed by atoms with van der Waals surface area (Å²) in [5, 5.41) is 0.485. The van der Waals surface area contributed by atoms with Gasteiger partial charge in [-0.2, -0.15) is 0 Å². The molecule has 0 aromatic heterocycles. The van der Waals surface area contributed by atoms with Crippen molar-refractivity contribution in [2.24, 2.45) is 0 Å². The number of halogens is 1. The molecule has 9 heteroatoms. The Kier molecular flexibility index (Phi) is 5.77. The molecule has 1 heterocycles. The minimum Gasteiger partial charge on any atom is -0.485 e. The predicted molar refractivity (Wildman–Crippen MR) is 94.4 cm³/mol. The summed E-state index contributed by atoms with van der Waals surface area (Å²) in [7, 11) is 0. The van der Waals surface area contributed by atoms with Crippen molar-refractivity contribution >= 4 is 29.4 Å². The molecule has 2 aromatic rings. The van der Waals surface area contributed by atoms with Crippen molar-refractivity contribution in [2.75, 3.05) is 13.2 Å². The molecule has 27 heavy (non-hydrogen) atoms. The first-order chi connectivity index (χ1) is 13.0. The maximum atomic E-state index is 12.0. The van der Waals surface area contributed by atoms with Gasteiger partial charge in [-0.05, 0) is 36.4 Å². The van der Waals surface area contributed by atoms with Gasteiger partial charge in [-0.25, -0.2) is 4.79 Å². The molecule has 0 saturated heterocycles. The third kappa shape index (κ3) is 4.89. The second-order valence-electron chi connectivity index (χ2n) is 5.48. The van der Waals surface area contributed by atoms with E-state index in [1.165, 1.54) is 12.1 Å². The average Bonchev–Trinajstić information content (AvgIpc) is 2.70. The molecule has 0 fully saturated rings. The molecule has 1 aliphatic heterocycles. The highest BCUT2D eigenvalue weighted by Crippen LogP contribution is 2.31. The van der Waals surface area contributed by atoms with Crippen LogP contribution >= 0.6 is 11.6 Å². The summed E-state index contributed by atoms with van der Waals surface area (Å²) < 4.78 is 15.8. The van der Waals surface area contributed by atoms with Crippen molar-refractivity contribution in [1.29, 1.82) is 0 Å². The lowest BCUT2D eigenvalue weighted by molar-refractivity contribution is -0.157. The number of carbonyl (C=O) groups is 3. The van der Waals surface area contributed by atoms with E-state index < -0.39 is 30.5 Å². The van der Waals surface area contributed by atoms with Crippen LogP contribution in [0.15, 0.2) is 48.5 Å². The fraction of sp³-hybridized carbons (Fsp3) is 0.167. The van der Waals surface area contributed by atoms with Gasteiger partial charge in [0, 0.05) is 10.6 Å². The number of carbonyl (C=O) groups excluding carboxylic acids is 3. The van der Waals surface area contributed by atoms with Crippen LogP contribution in [0.5, 0.6) is 11.5 Å². The van der Waals surface area contributed by atoms with Gasteiger partial charge in [0.15, 0.2) is 18.1 Å². The monoisotopic (exact) mass is 390 g/mol. The summed E-state index contributed by atoms with van der Waals surface area (Å²) in [5.41, 5.74) is 4.66. The number of rotatable bonds is 4. The van der Waals surface area contributed by atoms with Crippen LogP contribution in [-0.2, 0) is 14.3 Å². The van der Waals surface area contributed by atoms with E-state index in [9.17, 15) is 14.4 Å². The van der Waals surface area contributed by atoms with E-state index >= 15 is 0 Å². The number of hydrogen-bond donors (Lipinski definition) is 2. The largest absolute Gasteiger partial charge is 0.485 e. The quantitative estimate of drug-likeness (QED) is 0.605. The lowest BCUT2D eigenvalue weighted by Crippen LogP contribution is -2.45. The maximum Gasteiger partial charge on any atom is 0.351 e. The lowest BCUT2D eigenvalue weighted by Gasteiger charge is -2.24. The molecular weight excluding hydrogens is 376 g/mol. The van der Waals surface area contributed by atoms with Crippen molar-refractivity contribution in [3.05, 3.63) is 59.1 Å². The Morgan fingerprint density at radius 1 is 1.04 bits per heavy atom. The topological polar surface area (TPSA) is 103 Å². The van der Waals surface area contributed by atoms with Crippen molar-refractivity contribution in [2.45, 2.75) is 6.10 Å². The number of nitrogens with one attached hydrogen (secondary N) is 2. The SMILES string of the molecule is O=C(COC(=O)[C@H]1COc2ccccc2O1)NNC(=O)c1ccc(Cl)cc1. The van der Waals surface area contributed by atoms with Gasteiger partial charge in [-0.15, -0.1) is 0 Å². The lowest BCUT2D eigenvalue weighted by atomic mass is 10.2. The zero-order valence-electron chi connectivity index (χ0n) is 13.9. The number of benzene rings is 2. The van der Waals surface area contributed by atoms with E-state index in [2.05, 4.69) is 10.9 Å². The number of esters is 1. The van der Waals surface area contributed by atoms with E-state index in [0.29, 0.717) is 22.1 Å². The zero-order valence-corrected chi connectivity index (χ0v) is 14.7. The third-order valence-corrected chi connectivity index (χ3v) is 3.79. The summed E-state index contributed by atoms with van der Waals surface area (Å²) in [6, 6.07) is 13.0. The van der Waals surface area contributed by atoms with E-state index in [4.69, 9.17) is 25.8 Å². The molecule has 0 aliphatic carbocycles. The molecule has 0 saturated carbocycles. The van der Waals surface area contributed by atoms with Crippen molar-refractivity contribution in [3.63, 3.8) is 0 Å². The average molecular weight is 391 g/mol. The van der Waals surface area contributed by atoms with Crippen molar-refractivity contribution in [1.82, 2.24) is 10.9 Å². The molecule has 0 bridgehead atoms. The van der Waals surface area contributed by atoms with Crippen LogP contribution in [0, 0.1) is 0 Å². The Labute approximate surface area is 159 Å². The number of hydrazine groups is 1. The molecule has 8 nitrogen and oxygen atoms in total. The normalized spacial score (nSPS) is 14.8. The van der Waals surface area contributed by atoms with Crippen LogP contribution in [0.1, 0.15) is 10.4 Å². The standard InChI is InChI=1S/C18H15ClN2O6/c19-12-7-5-11(6-8-12)17(23)21-20-16(22)10-26-18(24)15-9-25-13-3-1-2-4-14(13)27-15/h1-8,15H,9-10H2,(H,20,22)(H,21,23)/t15-/m1/s1. The Morgan fingerprint density at radius 3 is 2.48 bits per heavy atom. The second-order valence-corrected chi connectivity index (χ2v) is 5.92. The van der Waals surface area contributed by atoms with Gasteiger partial charge >= 0.3 is 5.97 Å². The number of amides is 2. The molecule has 1 atom stereocenters. The second kappa shape index (κ2) is 8.41. The van der Waals surface area contributed by atoms with Crippen LogP contribution in [0.25, 0.3) is 0 Å². The molecule has 3 rings (SSSR count). The van der Waals surface area contributed by atoms with Crippen molar-refractivity contribution < 1.29 is 28.6 Å². The van der Waals surface area contributed by atoms with Gasteiger partial charge in [0.05, 0.1) is 0 Å². The fourth-order valence-corrected chi connectivity index (χ4v) is 2.33. The Morgan fingerprint density at radius 2 is 1.74 bits per heavy atom. The zero-order chi connectivity index (χ0) is 19.2. The van der Waals surface area contributed by atoms with E-state index in [1.807, 2.05) is 0 Å².